The molecule has 0 radical (unpaired) electrons. The molecule has 0 saturated carbocycles. The number of hydrogen-bond acceptors (Lipinski definition) is 5. The molecule has 7 nitrogen and oxygen atoms in total. The van der Waals surface area contributed by atoms with E-state index >= 15 is 0 Å². The Kier molecular flexibility index (Phi) is 4.12. The third-order valence-corrected chi connectivity index (χ3v) is 2.75. The van der Waals surface area contributed by atoms with Crippen molar-refractivity contribution in [3.8, 4) is 11.8 Å². The van der Waals surface area contributed by atoms with Gasteiger partial charge in [0.2, 0.25) is 5.71 Å². The number of halogens is 1. The van der Waals surface area contributed by atoms with Crippen molar-refractivity contribution in [2.75, 3.05) is 5.43 Å². The highest BCUT2D eigenvalue weighted by Crippen LogP contribution is 2.15. The van der Waals surface area contributed by atoms with Crippen molar-refractivity contribution in [3.05, 3.63) is 41.1 Å². The van der Waals surface area contributed by atoms with E-state index in [1.54, 1.807) is 29.1 Å². The van der Waals surface area contributed by atoms with E-state index in [-0.39, 0.29) is 11.5 Å². The number of anilines is 1. The van der Waals surface area contributed by atoms with Crippen LogP contribution >= 0.6 is 15.9 Å². The van der Waals surface area contributed by atoms with Crippen molar-refractivity contribution in [2.24, 2.45) is 10.8 Å². The van der Waals surface area contributed by atoms with Crippen LogP contribution in [-0.4, -0.2) is 21.3 Å². The minimum Gasteiger partial charge on any atom is -0.382 e. The van der Waals surface area contributed by atoms with E-state index in [0.29, 0.717) is 5.69 Å². The predicted octanol–water partition coefficient (Wildman–Crippen LogP) is 1.86. The maximum Gasteiger partial charge on any atom is 0.201 e. The summed E-state index contributed by atoms with van der Waals surface area (Å²) in [6.07, 6.45) is 3.53. The van der Waals surface area contributed by atoms with Crippen LogP contribution in [0, 0.1) is 16.7 Å². The molecule has 4 N–H and O–H groups in total. The molecule has 0 spiro atoms. The fraction of sp³-hybridized carbons (Fsp3) is 0. The number of hydrogen-bond donors (Lipinski definition) is 3. The Hall–Kier alpha value is -2.66. The second-order valence-corrected chi connectivity index (χ2v) is 4.66. The number of hydrazone groups is 1. The van der Waals surface area contributed by atoms with Gasteiger partial charge in [-0.05, 0) is 40.2 Å². The van der Waals surface area contributed by atoms with E-state index in [0.717, 1.165) is 10.2 Å². The highest BCUT2D eigenvalue weighted by molar-refractivity contribution is 9.10. The third kappa shape index (κ3) is 3.21. The SMILES string of the molecule is N#C/C(=N\Nc1ccc(-n2cc(Br)cn2)cc1)C(=N)N. The number of nitrogens with two attached hydrogens (primary N) is 1. The van der Waals surface area contributed by atoms with Gasteiger partial charge in [0.05, 0.1) is 22.0 Å². The highest BCUT2D eigenvalue weighted by atomic mass is 79.9. The molecule has 2 rings (SSSR count). The standard InChI is InChI=1S/C12H10BrN7/c13-8-6-17-20(7-8)10-3-1-9(2-4-10)18-19-11(5-14)12(15)16/h1-4,6-7,18H,(H3,15,16)/b19-11+. The second kappa shape index (κ2) is 5.99. The fourth-order valence-electron chi connectivity index (χ4n) is 1.40. The Balaban J connectivity index is 2.13. The van der Waals surface area contributed by atoms with Gasteiger partial charge in [-0.25, -0.2) is 4.68 Å². The van der Waals surface area contributed by atoms with E-state index in [2.05, 4.69) is 31.6 Å². The molecule has 0 unspecified atom stereocenters. The lowest BCUT2D eigenvalue weighted by molar-refractivity contribution is 0.880. The topological polar surface area (TPSA) is 116 Å². The van der Waals surface area contributed by atoms with Gasteiger partial charge in [0, 0.05) is 6.20 Å². The van der Waals surface area contributed by atoms with E-state index < -0.39 is 0 Å². The van der Waals surface area contributed by atoms with E-state index in [1.807, 2.05) is 18.3 Å². The number of amidine groups is 1. The molecule has 0 atom stereocenters. The zero-order valence-electron chi connectivity index (χ0n) is 10.2. The van der Waals surface area contributed by atoms with E-state index in [9.17, 15) is 0 Å². The summed E-state index contributed by atoms with van der Waals surface area (Å²) in [5, 5.41) is 23.8. The molecule has 8 heteroatoms. The zero-order valence-corrected chi connectivity index (χ0v) is 11.8. The molecule has 0 bridgehead atoms. The molecule has 0 aliphatic rings. The van der Waals surface area contributed by atoms with Crippen molar-refractivity contribution in [1.29, 1.82) is 10.7 Å². The zero-order chi connectivity index (χ0) is 14.5. The van der Waals surface area contributed by atoms with Crippen LogP contribution < -0.4 is 11.2 Å². The molecule has 0 aliphatic heterocycles. The summed E-state index contributed by atoms with van der Waals surface area (Å²) in [5.74, 6) is -0.377. The van der Waals surface area contributed by atoms with Crippen LogP contribution in [0.25, 0.3) is 5.69 Å². The molecule has 0 amide bonds. The summed E-state index contributed by atoms with van der Waals surface area (Å²) in [5.41, 5.74) is 9.25. The first-order chi connectivity index (χ1) is 9.60. The number of benzene rings is 1. The lowest BCUT2D eigenvalue weighted by atomic mass is 10.3. The van der Waals surface area contributed by atoms with E-state index in [4.69, 9.17) is 16.4 Å². The average molecular weight is 332 g/mol. The second-order valence-electron chi connectivity index (χ2n) is 3.75. The van der Waals surface area contributed by atoms with Gasteiger partial charge < -0.3 is 5.73 Å². The van der Waals surface area contributed by atoms with Gasteiger partial charge >= 0.3 is 0 Å². The smallest absolute Gasteiger partial charge is 0.201 e. The normalized spacial score (nSPS) is 10.9. The van der Waals surface area contributed by atoms with Crippen LogP contribution in [0.1, 0.15) is 0 Å². The number of nitrogens with zero attached hydrogens (tertiary/aromatic N) is 4. The Morgan fingerprint density at radius 2 is 2.15 bits per heavy atom. The van der Waals surface area contributed by atoms with E-state index in [1.165, 1.54) is 0 Å². The largest absolute Gasteiger partial charge is 0.382 e. The van der Waals surface area contributed by atoms with Crippen molar-refractivity contribution >= 4 is 33.2 Å². The van der Waals surface area contributed by atoms with Crippen LogP contribution in [0.3, 0.4) is 0 Å². The number of rotatable bonds is 4. The first kappa shape index (κ1) is 13.8. The van der Waals surface area contributed by atoms with Gasteiger partial charge in [-0.15, -0.1) is 0 Å². The predicted molar refractivity (Wildman–Crippen MR) is 79.8 cm³/mol. The summed E-state index contributed by atoms with van der Waals surface area (Å²) in [6.45, 7) is 0. The lowest BCUT2D eigenvalue weighted by Crippen LogP contribution is -2.21. The third-order valence-electron chi connectivity index (χ3n) is 2.34. The van der Waals surface area contributed by atoms with Crippen molar-refractivity contribution in [1.82, 2.24) is 9.78 Å². The monoisotopic (exact) mass is 331 g/mol. The first-order valence-corrected chi connectivity index (χ1v) is 6.28. The summed E-state index contributed by atoms with van der Waals surface area (Å²) >= 11 is 3.33. The lowest BCUT2D eigenvalue weighted by Gasteiger charge is -2.04. The van der Waals surface area contributed by atoms with Gasteiger partial charge in [-0.2, -0.15) is 15.5 Å². The molecule has 2 aromatic rings. The van der Waals surface area contributed by atoms with Crippen molar-refractivity contribution < 1.29 is 0 Å². The average Bonchev–Trinajstić information content (AvgIpc) is 2.86. The minimum atomic E-state index is -0.377. The fourth-order valence-corrected chi connectivity index (χ4v) is 1.68. The molecule has 0 fully saturated rings. The van der Waals surface area contributed by atoms with Gasteiger partial charge in [0.25, 0.3) is 0 Å². The molecule has 1 heterocycles. The Morgan fingerprint density at radius 3 is 2.65 bits per heavy atom. The van der Waals surface area contributed by atoms with Gasteiger partial charge in [-0.3, -0.25) is 10.8 Å². The summed E-state index contributed by atoms with van der Waals surface area (Å²) in [4.78, 5) is 0. The van der Waals surface area contributed by atoms with Crippen LogP contribution in [0.2, 0.25) is 0 Å². The maximum absolute atomic E-state index is 8.71. The molecule has 100 valence electrons. The maximum atomic E-state index is 8.71. The molecular weight excluding hydrogens is 322 g/mol. The first-order valence-electron chi connectivity index (χ1n) is 5.49. The van der Waals surface area contributed by atoms with Gasteiger partial charge in [0.15, 0.2) is 5.84 Å². The van der Waals surface area contributed by atoms with Crippen LogP contribution in [0.15, 0.2) is 46.2 Å². The van der Waals surface area contributed by atoms with Crippen molar-refractivity contribution in [2.45, 2.75) is 0 Å². The van der Waals surface area contributed by atoms with Crippen LogP contribution in [-0.2, 0) is 0 Å². The van der Waals surface area contributed by atoms with Crippen LogP contribution in [0.4, 0.5) is 5.69 Å². The number of aromatic nitrogens is 2. The van der Waals surface area contributed by atoms with Crippen molar-refractivity contribution in [3.63, 3.8) is 0 Å². The Morgan fingerprint density at radius 1 is 1.45 bits per heavy atom. The number of nitriles is 1. The molecule has 1 aromatic carbocycles. The highest BCUT2D eigenvalue weighted by Gasteiger charge is 2.02. The molecule has 20 heavy (non-hydrogen) atoms. The van der Waals surface area contributed by atoms with Gasteiger partial charge in [0.1, 0.15) is 6.07 Å². The summed E-state index contributed by atoms with van der Waals surface area (Å²) < 4.78 is 2.61. The Bertz CT molecular complexity index is 693. The quantitative estimate of drug-likeness (QED) is 0.450. The molecule has 0 saturated heterocycles. The molecule has 0 aliphatic carbocycles. The van der Waals surface area contributed by atoms with Crippen LogP contribution in [0.5, 0.6) is 0 Å². The summed E-state index contributed by atoms with van der Waals surface area (Å²) in [7, 11) is 0. The summed E-state index contributed by atoms with van der Waals surface area (Å²) in [6, 6.07) is 8.98. The Labute approximate surface area is 123 Å². The number of nitrogens with one attached hydrogen (secondary N) is 2. The molecular formula is C12H10BrN7. The minimum absolute atomic E-state index is 0.162. The van der Waals surface area contributed by atoms with Gasteiger partial charge in [-0.1, -0.05) is 0 Å². The molecule has 1 aromatic heterocycles.